The predicted molar refractivity (Wildman–Crippen MR) is 69.3 cm³/mol. The van der Waals surface area contributed by atoms with Gasteiger partial charge in [0.2, 0.25) is 0 Å². The van der Waals surface area contributed by atoms with Gasteiger partial charge in [-0.05, 0) is 24.6 Å². The summed E-state index contributed by atoms with van der Waals surface area (Å²) in [6.07, 6.45) is 0. The van der Waals surface area contributed by atoms with E-state index in [0.717, 1.165) is 5.39 Å². The normalized spacial score (nSPS) is 11.9. The molecule has 2 rings (SSSR count). The molecular formula is C12H12ClNO2S. The Bertz CT molecular complexity index is 653. The van der Waals surface area contributed by atoms with Gasteiger partial charge in [0.15, 0.2) is 14.9 Å². The Labute approximate surface area is 105 Å². The van der Waals surface area contributed by atoms with E-state index >= 15 is 0 Å². The molecule has 90 valence electrons. The molecule has 2 aromatic rings. The van der Waals surface area contributed by atoms with E-state index in [2.05, 4.69) is 4.98 Å². The minimum absolute atomic E-state index is 0.0796. The Morgan fingerprint density at radius 2 is 2.00 bits per heavy atom. The summed E-state index contributed by atoms with van der Waals surface area (Å²) >= 11 is 5.50. The number of alkyl halides is 1. The van der Waals surface area contributed by atoms with Gasteiger partial charge in [0.25, 0.3) is 0 Å². The number of sulfone groups is 1. The minimum atomic E-state index is -3.38. The first-order valence-corrected chi connectivity index (χ1v) is 7.38. The van der Waals surface area contributed by atoms with Crippen LogP contribution in [0.4, 0.5) is 0 Å². The topological polar surface area (TPSA) is 47.0 Å². The quantitative estimate of drug-likeness (QED) is 0.805. The Morgan fingerprint density at radius 1 is 1.29 bits per heavy atom. The molecule has 0 amide bonds. The number of pyridine rings is 1. The molecule has 0 N–H and O–H groups in total. The third kappa shape index (κ3) is 2.42. The molecule has 1 heterocycles. The van der Waals surface area contributed by atoms with Crippen molar-refractivity contribution in [2.24, 2.45) is 0 Å². The molecule has 0 bridgehead atoms. The summed E-state index contributed by atoms with van der Waals surface area (Å²) in [4.78, 5) is 4.22. The first kappa shape index (κ1) is 12.3. The van der Waals surface area contributed by atoms with E-state index in [1.807, 2.05) is 24.3 Å². The molecule has 1 aromatic carbocycles. The highest BCUT2D eigenvalue weighted by Gasteiger charge is 2.18. The molecule has 17 heavy (non-hydrogen) atoms. The molecule has 0 saturated heterocycles. The standard InChI is InChI=1S/C12H12ClNO2S/c1-9-8-10-4-2-3-5-11(10)14-12(9)17(15,16)7-6-13/h2-5,8H,6-7H2,1H3. The number of para-hydroxylation sites is 1. The molecule has 0 spiro atoms. The SMILES string of the molecule is Cc1cc2ccccc2nc1S(=O)(=O)CCCl. The highest BCUT2D eigenvalue weighted by atomic mass is 35.5. The Morgan fingerprint density at radius 3 is 2.71 bits per heavy atom. The molecular weight excluding hydrogens is 258 g/mol. The van der Waals surface area contributed by atoms with Crippen molar-refractivity contribution in [3.05, 3.63) is 35.9 Å². The molecule has 0 aliphatic rings. The second-order valence-electron chi connectivity index (χ2n) is 3.81. The maximum atomic E-state index is 11.9. The number of aryl methyl sites for hydroxylation is 1. The number of fused-ring (bicyclic) bond motifs is 1. The first-order chi connectivity index (χ1) is 8.04. The second kappa shape index (κ2) is 4.63. The van der Waals surface area contributed by atoms with Crippen molar-refractivity contribution in [2.45, 2.75) is 11.9 Å². The van der Waals surface area contributed by atoms with Gasteiger partial charge in [0.05, 0.1) is 11.3 Å². The number of rotatable bonds is 3. The van der Waals surface area contributed by atoms with Crippen LogP contribution in [-0.2, 0) is 9.84 Å². The minimum Gasteiger partial charge on any atom is -0.236 e. The van der Waals surface area contributed by atoms with Crippen molar-refractivity contribution < 1.29 is 8.42 Å². The molecule has 3 nitrogen and oxygen atoms in total. The second-order valence-corrected chi connectivity index (χ2v) is 6.21. The van der Waals surface area contributed by atoms with Gasteiger partial charge in [0, 0.05) is 11.3 Å². The van der Waals surface area contributed by atoms with Crippen LogP contribution in [0.25, 0.3) is 10.9 Å². The molecule has 0 saturated carbocycles. The number of hydrogen-bond donors (Lipinski definition) is 0. The summed E-state index contributed by atoms with van der Waals surface area (Å²) in [6, 6.07) is 9.28. The highest BCUT2D eigenvalue weighted by Crippen LogP contribution is 2.20. The van der Waals surface area contributed by atoms with Gasteiger partial charge in [-0.2, -0.15) is 0 Å². The summed E-state index contributed by atoms with van der Waals surface area (Å²) < 4.78 is 23.9. The van der Waals surface area contributed by atoms with Gasteiger partial charge < -0.3 is 0 Å². The molecule has 0 aliphatic carbocycles. The van der Waals surface area contributed by atoms with Crippen molar-refractivity contribution in [2.75, 3.05) is 11.6 Å². The smallest absolute Gasteiger partial charge is 0.197 e. The maximum Gasteiger partial charge on any atom is 0.197 e. The van der Waals surface area contributed by atoms with Crippen LogP contribution in [-0.4, -0.2) is 25.0 Å². The summed E-state index contributed by atoms with van der Waals surface area (Å²) in [6.45, 7) is 1.75. The van der Waals surface area contributed by atoms with Crippen molar-refractivity contribution in [1.82, 2.24) is 4.98 Å². The van der Waals surface area contributed by atoms with Gasteiger partial charge in [-0.3, -0.25) is 0 Å². The molecule has 5 heteroatoms. The average Bonchev–Trinajstić information content (AvgIpc) is 2.27. The van der Waals surface area contributed by atoms with E-state index < -0.39 is 9.84 Å². The molecule has 0 aliphatic heterocycles. The summed E-state index contributed by atoms with van der Waals surface area (Å²) in [5.41, 5.74) is 1.35. The van der Waals surface area contributed by atoms with Crippen LogP contribution in [0.2, 0.25) is 0 Å². The summed E-state index contributed by atoms with van der Waals surface area (Å²) in [5.74, 6) is -0.00296. The largest absolute Gasteiger partial charge is 0.236 e. The molecule has 0 radical (unpaired) electrons. The molecule has 0 atom stereocenters. The number of hydrogen-bond acceptors (Lipinski definition) is 3. The maximum absolute atomic E-state index is 11.9. The van der Waals surface area contributed by atoms with Crippen molar-refractivity contribution in [1.29, 1.82) is 0 Å². The number of halogens is 1. The van der Waals surface area contributed by atoms with E-state index in [0.29, 0.717) is 11.1 Å². The van der Waals surface area contributed by atoms with Gasteiger partial charge in [-0.15, -0.1) is 11.6 Å². The lowest BCUT2D eigenvalue weighted by atomic mass is 10.2. The zero-order chi connectivity index (χ0) is 12.5. The third-order valence-electron chi connectivity index (χ3n) is 2.51. The van der Waals surface area contributed by atoms with E-state index in [1.54, 1.807) is 13.0 Å². The summed E-state index contributed by atoms with van der Waals surface area (Å²) in [7, 11) is -3.38. The zero-order valence-electron chi connectivity index (χ0n) is 9.35. The number of nitrogens with zero attached hydrogens (tertiary/aromatic N) is 1. The van der Waals surface area contributed by atoms with Crippen LogP contribution in [0.5, 0.6) is 0 Å². The van der Waals surface area contributed by atoms with Gasteiger partial charge >= 0.3 is 0 Å². The van der Waals surface area contributed by atoms with Crippen molar-refractivity contribution in [3.8, 4) is 0 Å². The fourth-order valence-electron chi connectivity index (χ4n) is 1.72. The van der Waals surface area contributed by atoms with Gasteiger partial charge in [-0.1, -0.05) is 18.2 Å². The van der Waals surface area contributed by atoms with E-state index in [-0.39, 0.29) is 16.7 Å². The van der Waals surface area contributed by atoms with Crippen LogP contribution in [0, 0.1) is 6.92 Å². The predicted octanol–water partition coefficient (Wildman–Crippen LogP) is 2.56. The fourth-order valence-corrected chi connectivity index (χ4v) is 3.51. The lowest BCUT2D eigenvalue weighted by Gasteiger charge is -2.07. The molecule has 1 aromatic heterocycles. The van der Waals surface area contributed by atoms with E-state index in [4.69, 9.17) is 11.6 Å². The Kier molecular flexibility index (Phi) is 3.35. The van der Waals surface area contributed by atoms with Crippen molar-refractivity contribution >= 4 is 32.3 Å². The number of benzene rings is 1. The van der Waals surface area contributed by atoms with Gasteiger partial charge in [-0.25, -0.2) is 13.4 Å². The lowest BCUT2D eigenvalue weighted by Crippen LogP contribution is -2.11. The summed E-state index contributed by atoms with van der Waals surface area (Å²) in [5, 5.41) is 1.08. The third-order valence-corrected chi connectivity index (χ3v) is 4.67. The van der Waals surface area contributed by atoms with Crippen LogP contribution in [0.3, 0.4) is 0 Å². The Hall–Kier alpha value is -1.13. The average molecular weight is 270 g/mol. The fraction of sp³-hybridized carbons (Fsp3) is 0.250. The molecule has 0 fully saturated rings. The molecule has 0 unspecified atom stereocenters. The Balaban J connectivity index is 2.67. The monoisotopic (exact) mass is 269 g/mol. The van der Waals surface area contributed by atoms with Crippen LogP contribution in [0.1, 0.15) is 5.56 Å². The first-order valence-electron chi connectivity index (χ1n) is 5.20. The lowest BCUT2D eigenvalue weighted by molar-refractivity contribution is 0.593. The van der Waals surface area contributed by atoms with Crippen LogP contribution >= 0.6 is 11.6 Å². The van der Waals surface area contributed by atoms with Crippen molar-refractivity contribution in [3.63, 3.8) is 0 Å². The van der Waals surface area contributed by atoms with E-state index in [9.17, 15) is 8.42 Å². The zero-order valence-corrected chi connectivity index (χ0v) is 10.9. The van der Waals surface area contributed by atoms with Gasteiger partial charge in [0.1, 0.15) is 0 Å². The van der Waals surface area contributed by atoms with E-state index in [1.165, 1.54) is 0 Å². The van der Waals surface area contributed by atoms with Crippen LogP contribution in [0.15, 0.2) is 35.4 Å². The van der Waals surface area contributed by atoms with Crippen LogP contribution < -0.4 is 0 Å². The highest BCUT2D eigenvalue weighted by molar-refractivity contribution is 7.91. The number of aromatic nitrogens is 1.